The lowest BCUT2D eigenvalue weighted by atomic mass is 9.99. The number of hydrogen-bond donors (Lipinski definition) is 2. The van der Waals surface area contributed by atoms with Crippen molar-refractivity contribution in [1.29, 1.82) is 0 Å². The predicted octanol–water partition coefficient (Wildman–Crippen LogP) is -1.72. The van der Waals surface area contributed by atoms with E-state index >= 15 is 0 Å². The van der Waals surface area contributed by atoms with E-state index in [9.17, 15) is 18.0 Å². The van der Waals surface area contributed by atoms with Crippen molar-refractivity contribution >= 4 is 21.9 Å². The highest BCUT2D eigenvalue weighted by Gasteiger charge is 2.33. The van der Waals surface area contributed by atoms with Gasteiger partial charge in [-0.1, -0.05) is 0 Å². The van der Waals surface area contributed by atoms with Crippen LogP contribution >= 0.6 is 0 Å². The van der Waals surface area contributed by atoms with Crippen LogP contribution in [0.15, 0.2) is 0 Å². The fourth-order valence-corrected chi connectivity index (χ4v) is 3.46. The van der Waals surface area contributed by atoms with Crippen molar-refractivity contribution in [1.82, 2.24) is 9.62 Å². The lowest BCUT2D eigenvalue weighted by Crippen LogP contribution is -2.47. The molecule has 1 atom stereocenters. The Morgan fingerprint density at radius 3 is 2.75 bits per heavy atom. The van der Waals surface area contributed by atoms with Gasteiger partial charge in [-0.25, -0.2) is 12.7 Å². The molecule has 20 heavy (non-hydrogen) atoms. The molecule has 9 heteroatoms. The van der Waals surface area contributed by atoms with Crippen molar-refractivity contribution in [3.8, 4) is 0 Å². The van der Waals surface area contributed by atoms with Gasteiger partial charge in [-0.15, -0.1) is 0 Å². The molecule has 8 nitrogen and oxygen atoms in total. The van der Waals surface area contributed by atoms with Gasteiger partial charge in [0.2, 0.25) is 15.9 Å². The molecule has 0 aliphatic carbocycles. The maximum atomic E-state index is 12.0. The molecule has 0 saturated carbocycles. The number of ether oxygens (including phenoxy) is 1. The largest absolute Gasteiger partial charge is 0.468 e. The minimum Gasteiger partial charge on any atom is -0.468 e. The fraction of sp³-hybridized carbons (Fsp3) is 0.818. The molecular formula is C11H21N3O5S. The Morgan fingerprint density at radius 1 is 1.45 bits per heavy atom. The summed E-state index contributed by atoms with van der Waals surface area (Å²) in [6.45, 7) is 1.11. The summed E-state index contributed by atoms with van der Waals surface area (Å²) < 4.78 is 29.6. The molecule has 0 spiro atoms. The van der Waals surface area contributed by atoms with Crippen molar-refractivity contribution in [2.45, 2.75) is 12.8 Å². The van der Waals surface area contributed by atoms with E-state index in [4.69, 9.17) is 5.73 Å². The molecule has 0 bridgehead atoms. The summed E-state index contributed by atoms with van der Waals surface area (Å²) in [6.07, 6.45) is 1.21. The average Bonchev–Trinajstić information content (AvgIpc) is 2.44. The lowest BCUT2D eigenvalue weighted by Gasteiger charge is -2.30. The highest BCUT2D eigenvalue weighted by atomic mass is 32.2. The molecule has 3 N–H and O–H groups in total. The molecule has 1 aliphatic heterocycles. The number of esters is 1. The molecular weight excluding hydrogens is 286 g/mol. The predicted molar refractivity (Wildman–Crippen MR) is 72.2 cm³/mol. The summed E-state index contributed by atoms with van der Waals surface area (Å²) in [5.41, 5.74) is 5.30. The zero-order valence-electron chi connectivity index (χ0n) is 11.5. The summed E-state index contributed by atoms with van der Waals surface area (Å²) >= 11 is 0. The Hall–Kier alpha value is -1.19. The molecule has 116 valence electrons. The van der Waals surface area contributed by atoms with Crippen LogP contribution in [0.2, 0.25) is 0 Å². The Morgan fingerprint density at radius 2 is 2.15 bits per heavy atom. The van der Waals surface area contributed by atoms with Crippen molar-refractivity contribution in [3.05, 3.63) is 0 Å². The first kappa shape index (κ1) is 16.9. The van der Waals surface area contributed by atoms with Gasteiger partial charge in [0.25, 0.3) is 0 Å². The van der Waals surface area contributed by atoms with Gasteiger partial charge in [0.15, 0.2) is 5.75 Å². The van der Waals surface area contributed by atoms with Gasteiger partial charge in [-0.2, -0.15) is 0 Å². The second-order valence-electron chi connectivity index (χ2n) is 4.61. The molecule has 1 unspecified atom stereocenters. The van der Waals surface area contributed by atoms with Crippen molar-refractivity contribution in [2.24, 2.45) is 11.7 Å². The van der Waals surface area contributed by atoms with Crippen LogP contribution < -0.4 is 11.1 Å². The standard InChI is InChI=1S/C11H21N3O5S/c1-19-10(15)8-20(17,18)14-6-2-3-9(7-14)11(16)13-5-4-12/h9H,2-8,12H2,1H3,(H,13,16). The molecule has 1 rings (SSSR count). The Bertz CT molecular complexity index is 451. The highest BCUT2D eigenvalue weighted by Crippen LogP contribution is 2.19. The number of carbonyl (C=O) groups is 2. The van der Waals surface area contributed by atoms with Crippen LogP contribution in [-0.4, -0.2) is 63.6 Å². The summed E-state index contributed by atoms with van der Waals surface area (Å²) in [5.74, 6) is -2.10. The molecule has 0 aromatic carbocycles. The third-order valence-corrected chi connectivity index (χ3v) is 4.84. The van der Waals surface area contributed by atoms with Crippen LogP contribution in [0.5, 0.6) is 0 Å². The molecule has 1 amide bonds. The van der Waals surface area contributed by atoms with Gasteiger partial charge in [0, 0.05) is 26.2 Å². The lowest BCUT2D eigenvalue weighted by molar-refractivity contribution is -0.137. The number of rotatable bonds is 6. The first-order chi connectivity index (χ1) is 9.40. The van der Waals surface area contributed by atoms with E-state index in [0.717, 1.165) is 7.11 Å². The smallest absolute Gasteiger partial charge is 0.322 e. The first-order valence-electron chi connectivity index (χ1n) is 6.43. The highest BCUT2D eigenvalue weighted by molar-refractivity contribution is 7.89. The molecule has 1 saturated heterocycles. The number of piperidine rings is 1. The maximum Gasteiger partial charge on any atom is 0.322 e. The second-order valence-corrected chi connectivity index (χ2v) is 6.58. The summed E-state index contributed by atoms with van der Waals surface area (Å²) in [4.78, 5) is 22.9. The Labute approximate surface area is 118 Å². The van der Waals surface area contributed by atoms with E-state index in [0.29, 0.717) is 32.5 Å². The van der Waals surface area contributed by atoms with Gasteiger partial charge in [0.05, 0.1) is 13.0 Å². The monoisotopic (exact) mass is 307 g/mol. The van der Waals surface area contributed by atoms with E-state index in [1.807, 2.05) is 0 Å². The average molecular weight is 307 g/mol. The van der Waals surface area contributed by atoms with Gasteiger partial charge in [-0.3, -0.25) is 9.59 Å². The van der Waals surface area contributed by atoms with Crippen molar-refractivity contribution in [2.75, 3.05) is 39.0 Å². The molecule has 0 radical (unpaired) electrons. The summed E-state index contributed by atoms with van der Waals surface area (Å²) in [5, 5.41) is 2.65. The number of nitrogens with zero attached hydrogens (tertiary/aromatic N) is 1. The molecule has 1 heterocycles. The summed E-state index contributed by atoms with van der Waals surface area (Å²) in [7, 11) is -2.59. The van der Waals surface area contributed by atoms with Crippen LogP contribution in [-0.2, 0) is 24.3 Å². The minimum absolute atomic E-state index is 0.0930. The van der Waals surface area contributed by atoms with E-state index in [1.54, 1.807) is 0 Å². The van der Waals surface area contributed by atoms with E-state index in [2.05, 4.69) is 10.1 Å². The number of sulfonamides is 1. The quantitative estimate of drug-likeness (QED) is 0.563. The van der Waals surface area contributed by atoms with Crippen molar-refractivity contribution < 1.29 is 22.7 Å². The number of carbonyl (C=O) groups excluding carboxylic acids is 2. The first-order valence-corrected chi connectivity index (χ1v) is 8.04. The van der Waals surface area contributed by atoms with Crippen LogP contribution in [0.3, 0.4) is 0 Å². The van der Waals surface area contributed by atoms with Crippen LogP contribution in [0.1, 0.15) is 12.8 Å². The fourth-order valence-electron chi connectivity index (χ4n) is 2.05. The van der Waals surface area contributed by atoms with Gasteiger partial charge in [0.1, 0.15) is 0 Å². The van der Waals surface area contributed by atoms with Crippen LogP contribution in [0.4, 0.5) is 0 Å². The number of nitrogens with one attached hydrogen (secondary N) is 1. The van der Waals surface area contributed by atoms with E-state index < -0.39 is 27.7 Å². The SMILES string of the molecule is COC(=O)CS(=O)(=O)N1CCCC(C(=O)NCCN)C1. The minimum atomic E-state index is -3.73. The molecule has 1 aliphatic rings. The van der Waals surface area contributed by atoms with Gasteiger partial charge >= 0.3 is 5.97 Å². The van der Waals surface area contributed by atoms with Crippen molar-refractivity contribution in [3.63, 3.8) is 0 Å². The summed E-state index contributed by atoms with van der Waals surface area (Å²) in [6, 6.07) is 0. The molecule has 1 fully saturated rings. The Kier molecular flexibility index (Phi) is 6.37. The number of hydrogen-bond acceptors (Lipinski definition) is 6. The molecule has 0 aromatic heterocycles. The van der Waals surface area contributed by atoms with Crippen LogP contribution in [0, 0.1) is 5.92 Å². The number of methoxy groups -OCH3 is 1. The van der Waals surface area contributed by atoms with Gasteiger partial charge in [-0.05, 0) is 12.8 Å². The zero-order valence-corrected chi connectivity index (χ0v) is 12.3. The molecule has 0 aromatic rings. The number of amides is 1. The maximum absolute atomic E-state index is 12.0. The third kappa shape index (κ3) is 4.73. The second kappa shape index (κ2) is 7.55. The topological polar surface area (TPSA) is 119 Å². The zero-order chi connectivity index (χ0) is 15.2. The Balaban J connectivity index is 2.64. The van der Waals surface area contributed by atoms with Crippen LogP contribution in [0.25, 0.3) is 0 Å². The number of nitrogens with two attached hydrogens (primary N) is 1. The van der Waals surface area contributed by atoms with E-state index in [-0.39, 0.29) is 12.5 Å². The van der Waals surface area contributed by atoms with E-state index in [1.165, 1.54) is 4.31 Å². The van der Waals surface area contributed by atoms with Gasteiger partial charge < -0.3 is 15.8 Å². The third-order valence-electron chi connectivity index (χ3n) is 3.12. The normalized spacial score (nSPS) is 20.4.